The van der Waals surface area contributed by atoms with Crippen LogP contribution in [0.5, 0.6) is 0 Å². The molecule has 3 rings (SSSR count). The first-order valence-electron chi connectivity index (χ1n) is 8.19. The van der Waals surface area contributed by atoms with Crippen molar-refractivity contribution < 1.29 is 9.59 Å². The molecule has 1 heterocycles. The third-order valence-electron chi connectivity index (χ3n) is 4.09. The number of aryl methyl sites for hydroxylation is 1. The number of carbonyl (C=O) groups excluding carboxylic acids is 2. The highest BCUT2D eigenvalue weighted by molar-refractivity contribution is 8.00. The van der Waals surface area contributed by atoms with Crippen LogP contribution in [0.15, 0.2) is 30.3 Å². The molecule has 128 valence electrons. The molecule has 25 heavy (non-hydrogen) atoms. The lowest BCUT2D eigenvalue weighted by Crippen LogP contribution is -2.16. The van der Waals surface area contributed by atoms with Crippen molar-refractivity contribution in [2.45, 2.75) is 25.7 Å². The first-order valence-corrected chi connectivity index (χ1v) is 10.2. The molecule has 1 aromatic carbocycles. The van der Waals surface area contributed by atoms with Gasteiger partial charge in [-0.25, -0.2) is 0 Å². The summed E-state index contributed by atoms with van der Waals surface area (Å²) in [6, 6.07) is 11.2. The maximum atomic E-state index is 13.0. The van der Waals surface area contributed by atoms with Crippen LogP contribution in [0.2, 0.25) is 0 Å². The van der Waals surface area contributed by atoms with Crippen molar-refractivity contribution in [3.63, 3.8) is 0 Å². The van der Waals surface area contributed by atoms with Crippen LogP contribution < -0.4 is 5.32 Å². The van der Waals surface area contributed by atoms with E-state index in [0.29, 0.717) is 16.1 Å². The molecule has 2 aromatic rings. The van der Waals surface area contributed by atoms with Crippen LogP contribution in [0, 0.1) is 11.3 Å². The molecular formula is C19H18N2O2S2. The van der Waals surface area contributed by atoms with Gasteiger partial charge in [-0.1, -0.05) is 30.3 Å². The number of carbonyl (C=O) groups is 2. The Balaban J connectivity index is 1.90. The van der Waals surface area contributed by atoms with E-state index < -0.39 is 0 Å². The first-order chi connectivity index (χ1) is 12.2. The first kappa shape index (κ1) is 17.7. The summed E-state index contributed by atoms with van der Waals surface area (Å²) in [5.41, 5.74) is 2.40. The van der Waals surface area contributed by atoms with Crippen LogP contribution in [0.25, 0.3) is 0 Å². The Morgan fingerprint density at radius 2 is 1.96 bits per heavy atom. The molecule has 0 unspecified atom stereocenters. The summed E-state index contributed by atoms with van der Waals surface area (Å²) in [7, 11) is 0. The number of hydrogen-bond acceptors (Lipinski definition) is 5. The van der Waals surface area contributed by atoms with E-state index in [-0.39, 0.29) is 23.2 Å². The zero-order valence-electron chi connectivity index (χ0n) is 13.7. The van der Waals surface area contributed by atoms with Crippen LogP contribution in [-0.2, 0) is 17.6 Å². The lowest BCUT2D eigenvalue weighted by atomic mass is 9.92. The number of anilines is 1. The fraction of sp³-hybridized carbons (Fsp3) is 0.316. The maximum absolute atomic E-state index is 13.0. The molecule has 0 atom stereocenters. The number of amides is 1. The van der Waals surface area contributed by atoms with Gasteiger partial charge in [0, 0.05) is 10.4 Å². The molecule has 4 nitrogen and oxygen atoms in total. The molecule has 0 radical (unpaired) electrons. The molecular weight excluding hydrogens is 352 g/mol. The molecule has 0 aliphatic heterocycles. The minimum Gasteiger partial charge on any atom is -0.316 e. The van der Waals surface area contributed by atoms with Gasteiger partial charge in [-0.3, -0.25) is 9.59 Å². The SMILES string of the molecule is N#CCSCC(=O)Nc1sc2c(c1C(=O)c1ccccc1)CCCC2. The van der Waals surface area contributed by atoms with E-state index in [0.717, 1.165) is 31.2 Å². The Bertz CT molecular complexity index is 822. The molecule has 1 N–H and O–H groups in total. The summed E-state index contributed by atoms with van der Waals surface area (Å²) in [5.74, 6) is 0.306. The lowest BCUT2D eigenvalue weighted by Gasteiger charge is -2.12. The number of nitriles is 1. The highest BCUT2D eigenvalue weighted by atomic mass is 32.2. The molecule has 1 aliphatic carbocycles. The molecule has 0 saturated carbocycles. The number of rotatable bonds is 6. The van der Waals surface area contributed by atoms with Gasteiger partial charge in [0.15, 0.2) is 5.78 Å². The fourth-order valence-electron chi connectivity index (χ4n) is 2.98. The predicted molar refractivity (Wildman–Crippen MR) is 102 cm³/mol. The Morgan fingerprint density at radius 1 is 1.20 bits per heavy atom. The van der Waals surface area contributed by atoms with Crippen molar-refractivity contribution in [2.24, 2.45) is 0 Å². The third kappa shape index (κ3) is 4.12. The lowest BCUT2D eigenvalue weighted by molar-refractivity contribution is -0.113. The van der Waals surface area contributed by atoms with Gasteiger partial charge in [0.25, 0.3) is 0 Å². The van der Waals surface area contributed by atoms with Crippen molar-refractivity contribution in [1.29, 1.82) is 5.26 Å². The van der Waals surface area contributed by atoms with Crippen molar-refractivity contribution in [3.05, 3.63) is 51.9 Å². The average molecular weight is 370 g/mol. The quantitative estimate of drug-likeness (QED) is 0.615. The Hall–Kier alpha value is -2.10. The van der Waals surface area contributed by atoms with Crippen LogP contribution in [-0.4, -0.2) is 23.2 Å². The predicted octanol–water partition coefficient (Wildman–Crippen LogP) is 4.05. The second-order valence-corrected chi connectivity index (χ2v) is 7.90. The largest absolute Gasteiger partial charge is 0.316 e. The van der Waals surface area contributed by atoms with Gasteiger partial charge < -0.3 is 5.32 Å². The van der Waals surface area contributed by atoms with Crippen LogP contribution in [0.3, 0.4) is 0 Å². The molecule has 1 amide bonds. The minimum absolute atomic E-state index is 0.0278. The zero-order chi connectivity index (χ0) is 17.6. The number of benzene rings is 1. The second kappa shape index (κ2) is 8.32. The number of nitrogens with zero attached hydrogens (tertiary/aromatic N) is 1. The Labute approximate surface area is 155 Å². The number of thiophene rings is 1. The van der Waals surface area contributed by atoms with Crippen LogP contribution >= 0.6 is 23.1 Å². The van der Waals surface area contributed by atoms with Gasteiger partial charge in [-0.15, -0.1) is 23.1 Å². The topological polar surface area (TPSA) is 70.0 Å². The number of nitrogens with one attached hydrogen (secondary N) is 1. The van der Waals surface area contributed by atoms with Gasteiger partial charge in [0.05, 0.1) is 23.1 Å². The van der Waals surface area contributed by atoms with E-state index in [1.54, 1.807) is 0 Å². The maximum Gasteiger partial charge on any atom is 0.235 e. The molecule has 0 fully saturated rings. The highest BCUT2D eigenvalue weighted by Crippen LogP contribution is 2.39. The molecule has 0 saturated heterocycles. The summed E-state index contributed by atoms with van der Waals surface area (Å²) in [4.78, 5) is 26.4. The van der Waals surface area contributed by atoms with Gasteiger partial charge in [0.2, 0.25) is 5.91 Å². The summed E-state index contributed by atoms with van der Waals surface area (Å²) >= 11 is 2.80. The third-order valence-corrected chi connectivity index (χ3v) is 6.09. The molecule has 6 heteroatoms. The smallest absolute Gasteiger partial charge is 0.235 e. The van der Waals surface area contributed by atoms with Crippen molar-refractivity contribution in [2.75, 3.05) is 16.8 Å². The standard InChI is InChI=1S/C19H18N2O2S2/c20-10-11-24-12-16(22)21-19-17(14-8-4-5-9-15(14)25-19)18(23)13-6-2-1-3-7-13/h1-3,6-7H,4-5,8-9,11-12H2,(H,21,22). The fourth-order valence-corrected chi connectivity index (χ4v) is 4.73. The number of fused-ring (bicyclic) bond motifs is 1. The zero-order valence-corrected chi connectivity index (χ0v) is 15.3. The van der Waals surface area contributed by atoms with E-state index in [1.807, 2.05) is 36.4 Å². The summed E-state index contributed by atoms with van der Waals surface area (Å²) in [6.07, 6.45) is 4.05. The average Bonchev–Trinajstić information content (AvgIpc) is 2.99. The van der Waals surface area contributed by atoms with E-state index >= 15 is 0 Å². The molecule has 1 aromatic heterocycles. The van der Waals surface area contributed by atoms with Crippen LogP contribution in [0.1, 0.15) is 39.2 Å². The minimum atomic E-state index is -0.166. The van der Waals surface area contributed by atoms with Gasteiger partial charge >= 0.3 is 0 Å². The molecule has 0 bridgehead atoms. The van der Waals surface area contributed by atoms with E-state index in [4.69, 9.17) is 5.26 Å². The summed E-state index contributed by atoms with van der Waals surface area (Å²) in [5, 5.41) is 12.1. The second-order valence-electron chi connectivity index (χ2n) is 5.81. The summed E-state index contributed by atoms with van der Waals surface area (Å²) < 4.78 is 0. The van der Waals surface area contributed by atoms with E-state index in [1.165, 1.54) is 28.0 Å². The van der Waals surface area contributed by atoms with Gasteiger partial charge in [-0.05, 0) is 31.2 Å². The van der Waals surface area contributed by atoms with E-state index in [2.05, 4.69) is 5.32 Å². The van der Waals surface area contributed by atoms with Crippen LogP contribution in [0.4, 0.5) is 5.00 Å². The van der Waals surface area contributed by atoms with Gasteiger partial charge in [0.1, 0.15) is 5.00 Å². The Kier molecular flexibility index (Phi) is 5.90. The van der Waals surface area contributed by atoms with Gasteiger partial charge in [-0.2, -0.15) is 5.26 Å². The Morgan fingerprint density at radius 3 is 2.72 bits per heavy atom. The highest BCUT2D eigenvalue weighted by Gasteiger charge is 2.26. The normalized spacial score (nSPS) is 12.9. The monoisotopic (exact) mass is 370 g/mol. The molecule has 0 spiro atoms. The van der Waals surface area contributed by atoms with Crippen molar-refractivity contribution in [1.82, 2.24) is 0 Å². The molecule has 1 aliphatic rings. The van der Waals surface area contributed by atoms with Crippen molar-refractivity contribution >= 4 is 39.8 Å². The number of thioether (sulfide) groups is 1. The number of ketones is 1. The summed E-state index contributed by atoms with van der Waals surface area (Å²) in [6.45, 7) is 0. The van der Waals surface area contributed by atoms with E-state index in [9.17, 15) is 9.59 Å². The number of hydrogen-bond donors (Lipinski definition) is 1. The van der Waals surface area contributed by atoms with Crippen molar-refractivity contribution in [3.8, 4) is 6.07 Å².